The molecule has 0 spiro atoms. The third kappa shape index (κ3) is 2.16. The van der Waals surface area contributed by atoms with Crippen molar-refractivity contribution in [3.05, 3.63) is 69.7 Å². The van der Waals surface area contributed by atoms with E-state index in [2.05, 4.69) is 0 Å². The van der Waals surface area contributed by atoms with Crippen molar-refractivity contribution in [1.29, 1.82) is 0 Å². The Hall–Kier alpha value is -3.12. The molecule has 3 aliphatic rings. The predicted molar refractivity (Wildman–Crippen MR) is 94.9 cm³/mol. The van der Waals surface area contributed by atoms with Crippen molar-refractivity contribution in [1.82, 2.24) is 0 Å². The van der Waals surface area contributed by atoms with Gasteiger partial charge in [0, 0.05) is 23.8 Å². The summed E-state index contributed by atoms with van der Waals surface area (Å²) in [5, 5.41) is 0. The first-order chi connectivity index (χ1) is 13.1. The molecule has 136 valence electrons. The minimum Gasteiger partial charge on any atom is -0.472 e. The average Bonchev–Trinajstić information content (AvgIpc) is 3.35. The summed E-state index contributed by atoms with van der Waals surface area (Å²) in [6.45, 7) is 2.13. The summed E-state index contributed by atoms with van der Waals surface area (Å²) in [6.07, 6.45) is 5.95. The number of benzene rings is 1. The topological polar surface area (TPSA) is 75.0 Å². The highest BCUT2D eigenvalue weighted by atomic mass is 16.6. The normalized spacial score (nSPS) is 22.9. The highest BCUT2D eigenvalue weighted by Gasteiger charge is 2.39. The van der Waals surface area contributed by atoms with Crippen molar-refractivity contribution in [2.45, 2.75) is 19.1 Å². The summed E-state index contributed by atoms with van der Waals surface area (Å²) in [4.78, 5) is 24.8. The van der Waals surface area contributed by atoms with Gasteiger partial charge in [-0.3, -0.25) is 0 Å². The van der Waals surface area contributed by atoms with E-state index in [0.29, 0.717) is 11.1 Å². The fourth-order valence-corrected chi connectivity index (χ4v) is 4.11. The summed E-state index contributed by atoms with van der Waals surface area (Å²) < 4.78 is 21.5. The molecule has 2 aromatic rings. The Morgan fingerprint density at radius 3 is 2.78 bits per heavy atom. The van der Waals surface area contributed by atoms with Crippen LogP contribution in [0.15, 0.2) is 40.7 Å². The fourth-order valence-electron chi connectivity index (χ4n) is 4.11. The van der Waals surface area contributed by atoms with Gasteiger partial charge in [0.1, 0.15) is 12.7 Å². The van der Waals surface area contributed by atoms with Crippen LogP contribution in [0.5, 0.6) is 0 Å². The Bertz CT molecular complexity index is 1040. The smallest absolute Gasteiger partial charge is 0.339 e. The van der Waals surface area contributed by atoms with Crippen molar-refractivity contribution in [3.8, 4) is 0 Å². The van der Waals surface area contributed by atoms with Crippen molar-refractivity contribution >= 4 is 23.6 Å². The minimum absolute atomic E-state index is 0.168. The maximum absolute atomic E-state index is 12.6. The maximum atomic E-state index is 12.6. The molecule has 0 fully saturated rings. The van der Waals surface area contributed by atoms with Crippen LogP contribution >= 0.6 is 0 Å². The number of carbonyl (C=O) groups is 2. The van der Waals surface area contributed by atoms with E-state index in [0.717, 1.165) is 33.4 Å². The molecule has 2 aliphatic heterocycles. The number of cyclic esters (lactones) is 2. The van der Waals surface area contributed by atoms with Gasteiger partial charge in [-0.1, -0.05) is 12.2 Å². The zero-order chi connectivity index (χ0) is 18.7. The van der Waals surface area contributed by atoms with Crippen LogP contribution in [0.3, 0.4) is 0 Å². The number of furan rings is 1. The highest BCUT2D eigenvalue weighted by Crippen LogP contribution is 2.44. The lowest BCUT2D eigenvalue weighted by Gasteiger charge is -2.16. The van der Waals surface area contributed by atoms with Gasteiger partial charge in [-0.25, -0.2) is 9.59 Å². The molecule has 6 heteroatoms. The number of hydrogen-bond acceptors (Lipinski definition) is 6. The van der Waals surface area contributed by atoms with Gasteiger partial charge in [0.25, 0.3) is 0 Å². The van der Waals surface area contributed by atoms with Crippen molar-refractivity contribution in [2.75, 3.05) is 13.7 Å². The lowest BCUT2D eigenvalue weighted by atomic mass is 9.86. The largest absolute Gasteiger partial charge is 0.472 e. The molecule has 5 rings (SSSR count). The molecule has 0 saturated heterocycles. The second-order valence-corrected chi connectivity index (χ2v) is 6.75. The summed E-state index contributed by atoms with van der Waals surface area (Å²) in [6, 6.07) is 3.60. The summed E-state index contributed by atoms with van der Waals surface area (Å²) in [5.41, 5.74) is 6.05. The van der Waals surface area contributed by atoms with Crippen LogP contribution in [-0.4, -0.2) is 31.8 Å². The molecule has 0 saturated carbocycles. The summed E-state index contributed by atoms with van der Waals surface area (Å²) >= 11 is 0. The monoisotopic (exact) mass is 364 g/mol. The Balaban J connectivity index is 1.77. The van der Waals surface area contributed by atoms with Crippen molar-refractivity contribution in [3.63, 3.8) is 0 Å². The Morgan fingerprint density at radius 2 is 2.04 bits per heavy atom. The average molecular weight is 364 g/mol. The maximum Gasteiger partial charge on any atom is 0.339 e. The van der Waals surface area contributed by atoms with Gasteiger partial charge in [0.05, 0.1) is 23.7 Å². The number of esters is 2. The number of hydrogen-bond donors (Lipinski definition) is 0. The van der Waals surface area contributed by atoms with Gasteiger partial charge in [-0.05, 0) is 35.7 Å². The third-order valence-corrected chi connectivity index (χ3v) is 5.42. The zero-order valence-corrected chi connectivity index (χ0v) is 14.8. The molecule has 0 unspecified atom stereocenters. The van der Waals surface area contributed by atoms with Crippen LogP contribution < -0.4 is 0 Å². The first-order valence-corrected chi connectivity index (χ1v) is 8.62. The molecular weight excluding hydrogens is 348 g/mol. The molecule has 1 aromatic heterocycles. The van der Waals surface area contributed by atoms with Gasteiger partial charge >= 0.3 is 11.9 Å². The van der Waals surface area contributed by atoms with E-state index in [-0.39, 0.29) is 18.5 Å². The molecule has 3 heterocycles. The van der Waals surface area contributed by atoms with Crippen LogP contribution in [0, 0.1) is 6.92 Å². The number of methoxy groups -OCH3 is 1. The van der Waals surface area contributed by atoms with Crippen molar-refractivity contribution < 1.29 is 28.2 Å². The predicted octanol–water partition coefficient (Wildman–Crippen LogP) is 3.20. The van der Waals surface area contributed by atoms with Crippen LogP contribution in [0.2, 0.25) is 0 Å². The Kier molecular flexibility index (Phi) is 3.39. The number of rotatable bonds is 2. The van der Waals surface area contributed by atoms with Gasteiger partial charge in [0.15, 0.2) is 6.10 Å². The molecule has 27 heavy (non-hydrogen) atoms. The van der Waals surface area contributed by atoms with E-state index in [4.69, 9.17) is 18.6 Å². The molecule has 6 nitrogen and oxygen atoms in total. The summed E-state index contributed by atoms with van der Waals surface area (Å²) in [7, 11) is 1.56. The molecule has 2 atom stereocenters. The van der Waals surface area contributed by atoms with E-state index in [1.807, 2.05) is 19.1 Å². The quantitative estimate of drug-likeness (QED) is 0.762. The summed E-state index contributed by atoms with van der Waals surface area (Å²) in [5.74, 6) is -0.766. The second kappa shape index (κ2) is 5.69. The first kappa shape index (κ1) is 16.1. The van der Waals surface area contributed by atoms with E-state index >= 15 is 0 Å². The van der Waals surface area contributed by atoms with E-state index < -0.39 is 12.2 Å². The van der Waals surface area contributed by atoms with Crippen LogP contribution in [0.1, 0.15) is 44.3 Å². The Labute approximate surface area is 155 Å². The van der Waals surface area contributed by atoms with Crippen LogP contribution in [-0.2, 0) is 19.0 Å². The molecule has 1 aromatic carbocycles. The second-order valence-electron chi connectivity index (χ2n) is 6.75. The zero-order valence-electron chi connectivity index (χ0n) is 14.8. The van der Waals surface area contributed by atoms with Gasteiger partial charge in [-0.2, -0.15) is 0 Å². The fraction of sp³-hybridized carbons (Fsp3) is 0.238. The highest BCUT2D eigenvalue weighted by molar-refractivity contribution is 6.06. The molecule has 0 amide bonds. The van der Waals surface area contributed by atoms with E-state index in [1.165, 1.54) is 0 Å². The lowest BCUT2D eigenvalue weighted by Crippen LogP contribution is -2.16. The van der Waals surface area contributed by atoms with Crippen LogP contribution in [0.4, 0.5) is 0 Å². The molecule has 1 aliphatic carbocycles. The van der Waals surface area contributed by atoms with Gasteiger partial charge < -0.3 is 18.6 Å². The third-order valence-electron chi connectivity index (χ3n) is 5.42. The molecule has 0 radical (unpaired) electrons. The van der Waals surface area contributed by atoms with E-state index in [1.54, 1.807) is 31.8 Å². The van der Waals surface area contributed by atoms with Gasteiger partial charge in [0.2, 0.25) is 0 Å². The van der Waals surface area contributed by atoms with E-state index in [9.17, 15) is 9.59 Å². The lowest BCUT2D eigenvalue weighted by molar-refractivity contribution is -0.136. The number of fused-ring (bicyclic) bond motifs is 3. The SMILES string of the molecule is CO[C@H]1C=Cc2c(cc3c(c2C)[C@H](c2ccoc2)OC3=O)C2=C1C(=O)OC2. The Morgan fingerprint density at radius 1 is 1.19 bits per heavy atom. The van der Waals surface area contributed by atoms with Crippen LogP contribution in [0.25, 0.3) is 11.6 Å². The van der Waals surface area contributed by atoms with Gasteiger partial charge in [-0.15, -0.1) is 0 Å². The number of ether oxygens (including phenoxy) is 3. The number of carbonyl (C=O) groups excluding carboxylic acids is 2. The minimum atomic E-state index is -0.499. The standard InChI is InChI=1S/C21H16O6/c1-10-12-3-4-16(24-2)18-15(9-26-21(18)23)13(12)7-14-17(10)19(27-20(14)22)11-5-6-25-8-11/h3-8,16,19H,9H2,1-2H3/t16-,19-/m0/s1. The van der Waals surface area contributed by atoms with Crippen molar-refractivity contribution in [2.24, 2.45) is 0 Å². The molecule has 0 N–H and O–H groups in total. The first-order valence-electron chi connectivity index (χ1n) is 8.62. The molecule has 0 bridgehead atoms. The molecular formula is C21H16O6.